The van der Waals surface area contributed by atoms with Gasteiger partial charge < -0.3 is 0 Å². The van der Waals surface area contributed by atoms with Crippen LogP contribution in [0.4, 0.5) is 0 Å². The minimum absolute atomic E-state index is 1.23. The highest BCUT2D eigenvalue weighted by Crippen LogP contribution is 2.17. The molecule has 0 aliphatic rings. The van der Waals surface area contributed by atoms with E-state index in [4.69, 9.17) is 0 Å². The molecule has 1 aromatic carbocycles. The van der Waals surface area contributed by atoms with Gasteiger partial charge in [0.1, 0.15) is 0 Å². The Morgan fingerprint density at radius 1 is 0.533 bits per heavy atom. The molecule has 0 saturated heterocycles. The first-order valence-corrected chi connectivity index (χ1v) is 12.9. The zero-order valence-electron chi connectivity index (χ0n) is 19.9. The van der Waals surface area contributed by atoms with Gasteiger partial charge in [-0.25, -0.2) is 0 Å². The van der Waals surface area contributed by atoms with Crippen LogP contribution in [0.25, 0.3) is 5.69 Å². The van der Waals surface area contributed by atoms with Gasteiger partial charge in [0.2, 0.25) is 5.69 Å². The van der Waals surface area contributed by atoms with Crippen LogP contribution < -0.4 is 4.57 Å². The van der Waals surface area contributed by atoms with Crippen molar-refractivity contribution in [3.05, 3.63) is 59.9 Å². The zero-order valence-corrected chi connectivity index (χ0v) is 19.9. The van der Waals surface area contributed by atoms with Crippen molar-refractivity contribution in [1.29, 1.82) is 0 Å². The second kappa shape index (κ2) is 16.1. The quantitative estimate of drug-likeness (QED) is 0.182. The third kappa shape index (κ3) is 9.92. The predicted molar refractivity (Wildman–Crippen MR) is 131 cm³/mol. The Morgan fingerprint density at radius 2 is 1.03 bits per heavy atom. The van der Waals surface area contributed by atoms with E-state index in [1.165, 1.54) is 108 Å². The summed E-state index contributed by atoms with van der Waals surface area (Å²) in [4.78, 5) is 0. The number of benzene rings is 1. The van der Waals surface area contributed by atoms with Crippen molar-refractivity contribution < 1.29 is 4.57 Å². The van der Waals surface area contributed by atoms with Crippen LogP contribution in [0.2, 0.25) is 0 Å². The lowest BCUT2D eigenvalue weighted by Gasteiger charge is -2.09. The van der Waals surface area contributed by atoms with Crippen LogP contribution in [0.15, 0.2) is 48.8 Å². The summed E-state index contributed by atoms with van der Waals surface area (Å²) < 4.78 is 2.31. The average Bonchev–Trinajstić information content (AvgIpc) is 2.79. The molecular formula is C29H46N+. The molecule has 0 amide bonds. The van der Waals surface area contributed by atoms with E-state index < -0.39 is 0 Å². The molecule has 2 aromatic rings. The third-order valence-electron chi connectivity index (χ3n) is 6.30. The molecule has 166 valence electrons. The van der Waals surface area contributed by atoms with Gasteiger partial charge >= 0.3 is 0 Å². The molecule has 0 atom stereocenters. The largest absolute Gasteiger partial charge is 0.210 e. The van der Waals surface area contributed by atoms with E-state index >= 15 is 0 Å². The Kier molecular flexibility index (Phi) is 13.2. The lowest BCUT2D eigenvalue weighted by Crippen LogP contribution is -2.30. The normalized spacial score (nSPS) is 11.1. The van der Waals surface area contributed by atoms with E-state index in [-0.39, 0.29) is 0 Å². The van der Waals surface area contributed by atoms with E-state index in [0.717, 1.165) is 0 Å². The second-order valence-corrected chi connectivity index (χ2v) is 8.98. The number of rotatable bonds is 17. The predicted octanol–water partition coefficient (Wildman–Crippen LogP) is 8.55. The third-order valence-corrected chi connectivity index (χ3v) is 6.30. The highest BCUT2D eigenvalue weighted by Gasteiger charge is 2.11. The highest BCUT2D eigenvalue weighted by molar-refractivity contribution is 5.25. The molecule has 0 N–H and O–H groups in total. The van der Waals surface area contributed by atoms with Crippen molar-refractivity contribution in [2.75, 3.05) is 0 Å². The van der Waals surface area contributed by atoms with Gasteiger partial charge in [-0.15, -0.1) is 0 Å². The maximum atomic E-state index is 2.41. The van der Waals surface area contributed by atoms with Gasteiger partial charge in [0.05, 0.1) is 0 Å². The lowest BCUT2D eigenvalue weighted by atomic mass is 9.97. The fourth-order valence-corrected chi connectivity index (χ4v) is 4.35. The van der Waals surface area contributed by atoms with Gasteiger partial charge in [-0.3, -0.25) is 0 Å². The Morgan fingerprint density at radius 3 is 1.60 bits per heavy atom. The summed E-state index contributed by atoms with van der Waals surface area (Å²) in [6.07, 6.45) is 26.5. The van der Waals surface area contributed by atoms with Gasteiger partial charge in [-0.2, -0.15) is 4.57 Å². The zero-order chi connectivity index (χ0) is 21.3. The number of aromatic nitrogens is 1. The highest BCUT2D eigenvalue weighted by atomic mass is 14.9. The number of hydrogen-bond acceptors (Lipinski definition) is 0. The number of aryl methyl sites for hydroxylation is 2. The van der Waals surface area contributed by atoms with Crippen molar-refractivity contribution in [2.24, 2.45) is 0 Å². The summed E-state index contributed by atoms with van der Waals surface area (Å²) in [5.41, 5.74) is 4.42. The molecule has 0 saturated carbocycles. The maximum absolute atomic E-state index is 2.41. The summed E-state index contributed by atoms with van der Waals surface area (Å²) in [6, 6.07) is 13.1. The van der Waals surface area contributed by atoms with E-state index in [9.17, 15) is 0 Å². The summed E-state index contributed by atoms with van der Waals surface area (Å²) in [7, 11) is 0. The van der Waals surface area contributed by atoms with E-state index in [0.29, 0.717) is 0 Å². The Balaban J connectivity index is 1.88. The molecular weight excluding hydrogens is 362 g/mol. The molecule has 1 heteroatoms. The van der Waals surface area contributed by atoms with Crippen molar-refractivity contribution in [1.82, 2.24) is 0 Å². The molecule has 1 heterocycles. The summed E-state index contributed by atoms with van der Waals surface area (Å²) >= 11 is 0. The summed E-state index contributed by atoms with van der Waals surface area (Å²) in [6.45, 7) is 4.59. The van der Waals surface area contributed by atoms with Gasteiger partial charge in [-0.05, 0) is 31.2 Å². The van der Waals surface area contributed by atoms with Gasteiger partial charge in [-0.1, -0.05) is 109 Å². The second-order valence-electron chi connectivity index (χ2n) is 8.98. The number of para-hydroxylation sites is 1. The van der Waals surface area contributed by atoms with E-state index in [1.807, 2.05) is 0 Å². The molecule has 0 spiro atoms. The number of nitrogens with zero attached hydrogens (tertiary/aromatic N) is 1. The van der Waals surface area contributed by atoms with Crippen LogP contribution in [-0.2, 0) is 12.8 Å². The molecule has 0 radical (unpaired) electrons. The van der Waals surface area contributed by atoms with Crippen LogP contribution in [0.5, 0.6) is 0 Å². The van der Waals surface area contributed by atoms with Crippen molar-refractivity contribution >= 4 is 0 Å². The first-order chi connectivity index (χ1) is 14.8. The Hall–Kier alpha value is -1.63. The van der Waals surface area contributed by atoms with E-state index in [1.54, 1.807) is 11.1 Å². The first kappa shape index (κ1) is 24.6. The average molecular weight is 409 g/mol. The molecule has 0 aliphatic heterocycles. The molecule has 30 heavy (non-hydrogen) atoms. The molecule has 1 nitrogen and oxygen atoms in total. The standard InChI is InChI=1S/C29H46N/c1-3-5-7-9-11-13-16-20-27-24-25-30(29-22-18-15-19-23-29)26-28(27)21-17-14-12-10-8-6-4-2/h15,18-19,22-26H,3-14,16-17,20-21H2,1-2H3/q+1. The topological polar surface area (TPSA) is 3.88 Å². The minimum atomic E-state index is 1.23. The van der Waals surface area contributed by atoms with Crippen molar-refractivity contribution in [3.63, 3.8) is 0 Å². The van der Waals surface area contributed by atoms with Crippen LogP contribution in [0.3, 0.4) is 0 Å². The van der Waals surface area contributed by atoms with Crippen LogP contribution in [0, 0.1) is 0 Å². The fraction of sp³-hybridized carbons (Fsp3) is 0.621. The van der Waals surface area contributed by atoms with E-state index in [2.05, 4.69) is 67.2 Å². The van der Waals surface area contributed by atoms with Gasteiger partial charge in [0.15, 0.2) is 12.4 Å². The lowest BCUT2D eigenvalue weighted by molar-refractivity contribution is -0.596. The number of pyridine rings is 1. The van der Waals surface area contributed by atoms with Crippen LogP contribution >= 0.6 is 0 Å². The molecule has 0 bridgehead atoms. The minimum Gasteiger partial charge on any atom is -0.167 e. The van der Waals surface area contributed by atoms with Crippen molar-refractivity contribution in [2.45, 2.75) is 117 Å². The van der Waals surface area contributed by atoms with Crippen LogP contribution in [-0.4, -0.2) is 0 Å². The molecule has 0 unspecified atom stereocenters. The molecule has 0 fully saturated rings. The van der Waals surface area contributed by atoms with Gasteiger partial charge in [0.25, 0.3) is 0 Å². The molecule has 0 aliphatic carbocycles. The molecule has 1 aromatic heterocycles. The fourth-order valence-electron chi connectivity index (χ4n) is 4.35. The Bertz CT molecular complexity index is 661. The SMILES string of the molecule is CCCCCCCCCc1cc[n+](-c2ccccc2)cc1CCCCCCCCC. The number of unbranched alkanes of at least 4 members (excludes halogenated alkanes) is 12. The smallest absolute Gasteiger partial charge is 0.167 e. The molecule has 2 rings (SSSR count). The monoisotopic (exact) mass is 408 g/mol. The van der Waals surface area contributed by atoms with Crippen molar-refractivity contribution in [3.8, 4) is 5.69 Å². The van der Waals surface area contributed by atoms with Gasteiger partial charge in [0, 0.05) is 23.8 Å². The summed E-state index contributed by atoms with van der Waals surface area (Å²) in [5.74, 6) is 0. The summed E-state index contributed by atoms with van der Waals surface area (Å²) in [5, 5.41) is 0. The number of hydrogen-bond donors (Lipinski definition) is 0. The van der Waals surface area contributed by atoms with Crippen LogP contribution in [0.1, 0.15) is 115 Å². The maximum Gasteiger partial charge on any atom is 0.210 e. The Labute approximate surface area is 186 Å². The first-order valence-electron chi connectivity index (χ1n) is 12.9.